The fourth-order valence-corrected chi connectivity index (χ4v) is 2.78. The molecule has 6 nitrogen and oxygen atoms in total. The maximum atomic E-state index is 12.7. The number of carbonyl (C=O) groups is 1. The Hall–Kier alpha value is -2.55. The minimum Gasteiger partial charge on any atom is -0.484 e. The first kappa shape index (κ1) is 19.2. The number of aromatic nitrogens is 1. The molecule has 1 saturated heterocycles. The molecule has 0 bridgehead atoms. The molecule has 1 amide bonds. The van der Waals surface area contributed by atoms with Crippen LogP contribution in [0.5, 0.6) is 5.75 Å². The highest BCUT2D eigenvalue weighted by molar-refractivity contribution is 5.92. The van der Waals surface area contributed by atoms with Gasteiger partial charge < -0.3 is 19.0 Å². The summed E-state index contributed by atoms with van der Waals surface area (Å²) in [7, 11) is 2.01. The molecule has 1 aliphatic rings. The fourth-order valence-electron chi connectivity index (χ4n) is 2.78. The number of hydrogen-bond acceptors (Lipinski definition) is 5. The summed E-state index contributed by atoms with van der Waals surface area (Å²) in [6, 6.07) is 4.79. The Morgan fingerprint density at radius 2 is 2.15 bits per heavy atom. The lowest BCUT2D eigenvalue weighted by molar-refractivity contribution is -0.137. The van der Waals surface area contributed by atoms with Crippen LogP contribution in [0.2, 0.25) is 0 Å². The standard InChI is InChI=1S/C18H20F3N3O3/c1-12-9-24(7-6-23(12)2)17(25)15-10-27-16(22-15)11-26-14-5-3-4-13(8-14)18(19,20)21/h3-5,8,10,12H,6-7,9,11H2,1-2H3. The van der Waals surface area contributed by atoms with Crippen LogP contribution in [0.25, 0.3) is 0 Å². The van der Waals surface area contributed by atoms with Crippen LogP contribution < -0.4 is 4.74 Å². The van der Waals surface area contributed by atoms with Gasteiger partial charge in [0, 0.05) is 25.7 Å². The number of oxazole rings is 1. The van der Waals surface area contributed by atoms with Gasteiger partial charge in [0.15, 0.2) is 12.3 Å². The number of amides is 1. The number of rotatable bonds is 4. The summed E-state index contributed by atoms with van der Waals surface area (Å²) < 4.78 is 48.7. The Kier molecular flexibility index (Phi) is 5.41. The molecule has 1 aliphatic heterocycles. The molecular weight excluding hydrogens is 363 g/mol. The molecule has 1 atom stereocenters. The number of piperazine rings is 1. The first-order valence-electron chi connectivity index (χ1n) is 8.48. The summed E-state index contributed by atoms with van der Waals surface area (Å²) in [5.74, 6) is -0.0641. The highest BCUT2D eigenvalue weighted by atomic mass is 19.4. The van der Waals surface area contributed by atoms with E-state index in [1.54, 1.807) is 4.90 Å². The number of benzene rings is 1. The van der Waals surface area contributed by atoms with Crippen LogP contribution in [0.4, 0.5) is 13.2 Å². The number of ether oxygens (including phenoxy) is 1. The van der Waals surface area contributed by atoms with E-state index in [2.05, 4.69) is 9.88 Å². The second-order valence-corrected chi connectivity index (χ2v) is 6.52. The minimum atomic E-state index is -4.44. The number of likely N-dealkylation sites (N-methyl/N-ethyl adjacent to an activating group) is 1. The molecule has 0 N–H and O–H groups in total. The van der Waals surface area contributed by atoms with Gasteiger partial charge >= 0.3 is 6.18 Å². The topological polar surface area (TPSA) is 58.8 Å². The van der Waals surface area contributed by atoms with Gasteiger partial charge in [0.05, 0.1) is 5.56 Å². The van der Waals surface area contributed by atoms with Crippen molar-refractivity contribution in [3.8, 4) is 5.75 Å². The lowest BCUT2D eigenvalue weighted by atomic mass is 10.2. The molecule has 0 radical (unpaired) electrons. The molecular formula is C18H20F3N3O3. The largest absolute Gasteiger partial charge is 0.484 e. The zero-order valence-electron chi connectivity index (χ0n) is 15.0. The molecule has 0 aliphatic carbocycles. The SMILES string of the molecule is CC1CN(C(=O)c2coc(COc3cccc(C(F)(F)F)c3)n2)CCN1C. The van der Waals surface area contributed by atoms with Crippen LogP contribution in [0.15, 0.2) is 34.9 Å². The summed E-state index contributed by atoms with van der Waals surface area (Å²) in [4.78, 5) is 20.5. The van der Waals surface area contributed by atoms with Gasteiger partial charge in [-0.25, -0.2) is 4.98 Å². The lowest BCUT2D eigenvalue weighted by Gasteiger charge is -2.37. The molecule has 1 aromatic heterocycles. The van der Waals surface area contributed by atoms with Crippen molar-refractivity contribution in [2.75, 3.05) is 26.7 Å². The predicted molar refractivity (Wildman–Crippen MR) is 90.3 cm³/mol. The monoisotopic (exact) mass is 383 g/mol. The van der Waals surface area contributed by atoms with Gasteiger partial charge in [-0.1, -0.05) is 6.07 Å². The van der Waals surface area contributed by atoms with Crippen LogP contribution in [-0.2, 0) is 12.8 Å². The second-order valence-electron chi connectivity index (χ2n) is 6.52. The first-order chi connectivity index (χ1) is 12.7. The molecule has 1 aromatic carbocycles. The van der Waals surface area contributed by atoms with Gasteiger partial charge in [0.25, 0.3) is 5.91 Å². The van der Waals surface area contributed by atoms with E-state index < -0.39 is 11.7 Å². The van der Waals surface area contributed by atoms with Crippen molar-refractivity contribution in [1.82, 2.24) is 14.8 Å². The first-order valence-corrected chi connectivity index (χ1v) is 8.48. The maximum Gasteiger partial charge on any atom is 0.416 e. The normalized spacial score (nSPS) is 18.6. The predicted octanol–water partition coefficient (Wildman–Crippen LogP) is 3.05. The summed E-state index contributed by atoms with van der Waals surface area (Å²) in [6.45, 7) is 3.83. The lowest BCUT2D eigenvalue weighted by Crippen LogP contribution is -2.52. The number of halogens is 3. The van der Waals surface area contributed by atoms with Crippen LogP contribution in [0.1, 0.15) is 28.9 Å². The van der Waals surface area contributed by atoms with Crippen molar-refractivity contribution in [2.45, 2.75) is 25.7 Å². The Bertz CT molecular complexity index is 806. The molecule has 146 valence electrons. The van der Waals surface area contributed by atoms with Gasteiger partial charge in [-0.15, -0.1) is 0 Å². The van der Waals surface area contributed by atoms with Gasteiger partial charge in [-0.3, -0.25) is 4.79 Å². The van der Waals surface area contributed by atoms with Crippen molar-refractivity contribution in [3.05, 3.63) is 47.7 Å². The van der Waals surface area contributed by atoms with E-state index in [9.17, 15) is 18.0 Å². The second kappa shape index (κ2) is 7.59. The molecule has 2 aromatic rings. The van der Waals surface area contributed by atoms with Crippen LogP contribution in [-0.4, -0.2) is 53.4 Å². The number of nitrogens with zero attached hydrogens (tertiary/aromatic N) is 3. The molecule has 9 heteroatoms. The summed E-state index contributed by atoms with van der Waals surface area (Å²) in [5.41, 5.74) is -0.637. The van der Waals surface area contributed by atoms with Gasteiger partial charge in [0.2, 0.25) is 5.89 Å². The van der Waals surface area contributed by atoms with Crippen molar-refractivity contribution in [3.63, 3.8) is 0 Å². The third-order valence-corrected chi connectivity index (χ3v) is 4.54. The zero-order chi connectivity index (χ0) is 19.6. The average molecular weight is 383 g/mol. The van der Waals surface area contributed by atoms with E-state index in [0.29, 0.717) is 13.1 Å². The van der Waals surface area contributed by atoms with E-state index in [-0.39, 0.29) is 35.9 Å². The maximum absolute atomic E-state index is 12.7. The van der Waals surface area contributed by atoms with Crippen LogP contribution in [0.3, 0.4) is 0 Å². The summed E-state index contributed by atoms with van der Waals surface area (Å²) >= 11 is 0. The van der Waals surface area contributed by atoms with E-state index in [1.807, 2.05) is 14.0 Å². The third-order valence-electron chi connectivity index (χ3n) is 4.54. The van der Waals surface area contributed by atoms with Crippen molar-refractivity contribution >= 4 is 5.91 Å². The third kappa shape index (κ3) is 4.60. The van der Waals surface area contributed by atoms with Gasteiger partial charge in [0.1, 0.15) is 12.0 Å². The fraction of sp³-hybridized carbons (Fsp3) is 0.444. The quantitative estimate of drug-likeness (QED) is 0.812. The van der Waals surface area contributed by atoms with Crippen molar-refractivity contribution < 1.29 is 27.1 Å². The molecule has 1 unspecified atom stereocenters. The summed E-state index contributed by atoms with van der Waals surface area (Å²) in [5, 5.41) is 0. The number of alkyl halides is 3. The van der Waals surface area contributed by atoms with E-state index >= 15 is 0 Å². The van der Waals surface area contributed by atoms with Gasteiger partial charge in [-0.05, 0) is 32.2 Å². The Morgan fingerprint density at radius 3 is 2.85 bits per heavy atom. The molecule has 27 heavy (non-hydrogen) atoms. The summed E-state index contributed by atoms with van der Waals surface area (Å²) in [6.07, 6.45) is -3.20. The van der Waals surface area contributed by atoms with Crippen molar-refractivity contribution in [1.29, 1.82) is 0 Å². The molecule has 3 rings (SSSR count). The molecule has 0 saturated carbocycles. The van der Waals surface area contributed by atoms with Crippen molar-refractivity contribution in [2.24, 2.45) is 0 Å². The Labute approximate surface area is 154 Å². The smallest absolute Gasteiger partial charge is 0.416 e. The van der Waals surface area contributed by atoms with E-state index in [0.717, 1.165) is 18.7 Å². The Balaban J connectivity index is 1.61. The average Bonchev–Trinajstić information content (AvgIpc) is 3.10. The zero-order valence-corrected chi connectivity index (χ0v) is 15.0. The minimum absolute atomic E-state index is 0.0452. The van der Waals surface area contributed by atoms with Crippen LogP contribution >= 0.6 is 0 Å². The number of carbonyl (C=O) groups excluding carboxylic acids is 1. The highest BCUT2D eigenvalue weighted by Crippen LogP contribution is 2.31. The molecule has 1 fully saturated rings. The molecule has 0 spiro atoms. The van der Waals surface area contributed by atoms with E-state index in [1.165, 1.54) is 18.4 Å². The Morgan fingerprint density at radius 1 is 1.37 bits per heavy atom. The highest BCUT2D eigenvalue weighted by Gasteiger charge is 2.31. The van der Waals surface area contributed by atoms with Gasteiger partial charge in [-0.2, -0.15) is 13.2 Å². The van der Waals surface area contributed by atoms with E-state index in [4.69, 9.17) is 9.15 Å². The molecule has 2 heterocycles. The van der Waals surface area contributed by atoms with Crippen LogP contribution in [0, 0.1) is 0 Å². The number of hydrogen-bond donors (Lipinski definition) is 0.